The second kappa shape index (κ2) is 14.3. The number of benzene rings is 2. The first-order valence-electron chi connectivity index (χ1n) is 17.0. The summed E-state index contributed by atoms with van der Waals surface area (Å²) in [6.45, 7) is 3.44. The molecule has 4 aliphatic rings. The summed E-state index contributed by atoms with van der Waals surface area (Å²) in [5, 5.41) is 10.3. The van der Waals surface area contributed by atoms with Crippen molar-refractivity contribution < 1.29 is 24.2 Å². The van der Waals surface area contributed by atoms with E-state index in [0.717, 1.165) is 60.5 Å². The number of phenolic OH excluding ortho intramolecular Hbond substituents is 1. The van der Waals surface area contributed by atoms with E-state index in [1.807, 2.05) is 30.3 Å². The van der Waals surface area contributed by atoms with Crippen LogP contribution in [0.25, 0.3) is 11.6 Å². The first-order chi connectivity index (χ1) is 23.4. The molecule has 1 aromatic heterocycles. The van der Waals surface area contributed by atoms with Gasteiger partial charge in [0.2, 0.25) is 11.8 Å². The number of hydrogen-bond donors (Lipinski definition) is 1. The van der Waals surface area contributed by atoms with Crippen LogP contribution in [0.1, 0.15) is 48.9 Å². The Kier molecular flexibility index (Phi) is 9.78. The highest BCUT2D eigenvalue weighted by Gasteiger charge is 2.58. The second-order valence-corrected chi connectivity index (χ2v) is 13.8. The molecule has 2 aromatic carbocycles. The number of aromatic hydroxyl groups is 1. The third-order valence-electron chi connectivity index (χ3n) is 10.5. The van der Waals surface area contributed by atoms with E-state index in [9.17, 15) is 14.7 Å². The molecular weight excluding hydrogens is 626 g/mol. The molecule has 9 heteroatoms. The molecule has 3 aromatic rings. The van der Waals surface area contributed by atoms with Gasteiger partial charge in [-0.25, -0.2) is 0 Å². The Hall–Kier alpha value is -3.82. The molecule has 2 amide bonds. The maximum absolute atomic E-state index is 14.2. The molecule has 3 aliphatic heterocycles. The molecule has 3 saturated heterocycles. The largest absolute Gasteiger partial charge is 0.508 e. The number of piperidine rings is 1. The number of amides is 2. The highest BCUT2D eigenvalue weighted by Crippen LogP contribution is 2.51. The lowest BCUT2D eigenvalue weighted by atomic mass is 9.69. The number of nitrogens with zero attached hydrogens (tertiary/aromatic N) is 3. The number of aromatic nitrogens is 1. The Balaban J connectivity index is 1.08. The fourth-order valence-electron chi connectivity index (χ4n) is 8.28. The molecule has 1 aliphatic carbocycles. The molecule has 4 heterocycles. The van der Waals surface area contributed by atoms with Gasteiger partial charge in [0.25, 0.3) is 0 Å². The quantitative estimate of drug-likeness (QED) is 0.198. The van der Waals surface area contributed by atoms with Gasteiger partial charge in [-0.15, -0.1) is 0 Å². The van der Waals surface area contributed by atoms with Crippen molar-refractivity contribution in [2.24, 2.45) is 17.8 Å². The number of fused-ring (bicyclic) bond motifs is 3. The fourth-order valence-corrected chi connectivity index (χ4v) is 8.50. The third kappa shape index (κ3) is 6.59. The lowest BCUT2D eigenvalue weighted by Gasteiger charge is -2.36. The van der Waals surface area contributed by atoms with Crippen LogP contribution >= 0.6 is 11.6 Å². The van der Waals surface area contributed by atoms with Crippen LogP contribution in [0.3, 0.4) is 0 Å². The van der Waals surface area contributed by atoms with E-state index in [0.29, 0.717) is 37.5 Å². The van der Waals surface area contributed by atoms with Gasteiger partial charge < -0.3 is 14.6 Å². The first-order valence-corrected chi connectivity index (χ1v) is 17.3. The van der Waals surface area contributed by atoms with Crippen molar-refractivity contribution in [3.05, 3.63) is 106 Å². The van der Waals surface area contributed by atoms with E-state index in [-0.39, 0.29) is 47.5 Å². The smallest absolute Gasteiger partial charge is 0.234 e. The van der Waals surface area contributed by atoms with Crippen molar-refractivity contribution in [2.45, 2.75) is 50.8 Å². The van der Waals surface area contributed by atoms with E-state index in [2.05, 4.69) is 34.1 Å². The molecule has 48 heavy (non-hydrogen) atoms. The highest BCUT2D eigenvalue weighted by molar-refractivity contribution is 6.32. The van der Waals surface area contributed by atoms with Crippen LogP contribution in [0.5, 0.6) is 5.75 Å². The van der Waals surface area contributed by atoms with Crippen molar-refractivity contribution in [1.82, 2.24) is 14.8 Å². The van der Waals surface area contributed by atoms with Gasteiger partial charge in [0.05, 0.1) is 41.9 Å². The number of methoxy groups -OCH3 is 1. The number of allylic oxidation sites excluding steroid dienone is 1. The molecular formula is C39H42ClN3O5. The summed E-state index contributed by atoms with van der Waals surface area (Å²) < 4.78 is 12.2. The zero-order valence-electron chi connectivity index (χ0n) is 27.3. The summed E-state index contributed by atoms with van der Waals surface area (Å²) >= 11 is 6.48. The van der Waals surface area contributed by atoms with Gasteiger partial charge in [0.15, 0.2) is 0 Å². The molecule has 0 unspecified atom stereocenters. The maximum Gasteiger partial charge on any atom is 0.234 e. The number of carbonyl (C=O) groups excluding carboxylic acids is 2. The summed E-state index contributed by atoms with van der Waals surface area (Å²) in [6, 6.07) is 21.1. The molecule has 7 rings (SSSR count). The molecule has 0 spiro atoms. The summed E-state index contributed by atoms with van der Waals surface area (Å²) in [6.07, 6.45) is 7.06. The molecule has 4 atom stereocenters. The number of imide groups is 1. The van der Waals surface area contributed by atoms with Gasteiger partial charge in [-0.3, -0.25) is 24.4 Å². The molecule has 250 valence electrons. The Morgan fingerprint density at radius 2 is 1.83 bits per heavy atom. The van der Waals surface area contributed by atoms with Gasteiger partial charge in [0, 0.05) is 44.9 Å². The summed E-state index contributed by atoms with van der Waals surface area (Å²) in [5.41, 5.74) is 6.14. The van der Waals surface area contributed by atoms with Crippen LogP contribution in [0.4, 0.5) is 0 Å². The van der Waals surface area contributed by atoms with Crippen molar-refractivity contribution in [1.29, 1.82) is 0 Å². The number of ether oxygens (including phenoxy) is 2. The molecule has 3 fully saturated rings. The lowest BCUT2D eigenvalue weighted by molar-refractivity contribution is -0.144. The van der Waals surface area contributed by atoms with Crippen molar-refractivity contribution in [3.63, 3.8) is 0 Å². The number of carbonyl (C=O) groups is 2. The lowest BCUT2D eigenvalue weighted by Crippen LogP contribution is -2.47. The van der Waals surface area contributed by atoms with Crippen molar-refractivity contribution >= 4 is 35.1 Å². The molecule has 0 saturated carbocycles. The van der Waals surface area contributed by atoms with Crippen LogP contribution in [0.15, 0.2) is 84.1 Å². The average Bonchev–Trinajstić information content (AvgIpc) is 3.63. The number of halogens is 1. The van der Waals surface area contributed by atoms with Gasteiger partial charge in [-0.1, -0.05) is 48.0 Å². The minimum absolute atomic E-state index is 0.0197. The van der Waals surface area contributed by atoms with Crippen LogP contribution in [-0.2, 0) is 25.6 Å². The standard InChI is InChI=1S/C39H42ClN3O5/c1-47-23-28-20-31-37(39(46)43(38(31)45)29-14-17-42(18-15-29)22-25-7-3-2-4-8-25)32-24-48-35(36(28)32)13-11-27(34-9-5-6-16-41-34)19-26-10-12-30(44)21-33(26)40/h2-10,12,16,19,21,29,31-32,35,37,44H,11,13-15,17-18,20,22-24H2,1H3/b27-19-/t31-,32+,35-,37-/m1/s1. The van der Waals surface area contributed by atoms with Crippen LogP contribution in [0.2, 0.25) is 5.02 Å². The zero-order valence-corrected chi connectivity index (χ0v) is 28.0. The molecule has 8 nitrogen and oxygen atoms in total. The van der Waals surface area contributed by atoms with Gasteiger partial charge >= 0.3 is 0 Å². The third-order valence-corrected chi connectivity index (χ3v) is 10.8. The SMILES string of the molecule is COCC1=C2[C@@H](CC/C(=C/c3ccc(O)cc3Cl)c3ccccn3)OC[C@@H]2[C@@H]2C(=O)N(C3CCN(Cc4ccccc4)CC3)C(=O)[C@@H]2C1. The normalized spacial score (nSPS) is 25.1. The summed E-state index contributed by atoms with van der Waals surface area (Å²) in [7, 11) is 1.68. The zero-order chi connectivity index (χ0) is 33.2. The van der Waals surface area contributed by atoms with Crippen LogP contribution in [-0.4, -0.2) is 77.3 Å². The van der Waals surface area contributed by atoms with Crippen LogP contribution < -0.4 is 0 Å². The predicted octanol–water partition coefficient (Wildman–Crippen LogP) is 6.39. The van der Waals surface area contributed by atoms with Crippen molar-refractivity contribution in [3.8, 4) is 5.75 Å². The Labute approximate surface area is 287 Å². The Bertz CT molecular complexity index is 1700. The number of likely N-dealkylation sites (tertiary alicyclic amines) is 2. The Morgan fingerprint density at radius 3 is 2.56 bits per heavy atom. The second-order valence-electron chi connectivity index (χ2n) is 13.4. The molecule has 1 N–H and O–H groups in total. The number of hydrogen-bond acceptors (Lipinski definition) is 7. The van der Waals surface area contributed by atoms with E-state index in [1.54, 1.807) is 30.3 Å². The topological polar surface area (TPSA) is 92.2 Å². The van der Waals surface area contributed by atoms with E-state index < -0.39 is 0 Å². The minimum atomic E-state index is -0.387. The molecule has 0 radical (unpaired) electrons. The first kappa shape index (κ1) is 32.7. The number of rotatable bonds is 10. The average molecular weight is 668 g/mol. The molecule has 0 bridgehead atoms. The monoisotopic (exact) mass is 667 g/mol. The van der Waals surface area contributed by atoms with Gasteiger partial charge in [-0.05, 0) is 96.4 Å². The van der Waals surface area contributed by atoms with Crippen LogP contribution in [0, 0.1) is 17.8 Å². The summed E-state index contributed by atoms with van der Waals surface area (Å²) in [5.74, 6) is -0.808. The van der Waals surface area contributed by atoms with E-state index >= 15 is 0 Å². The number of pyridine rings is 1. The minimum Gasteiger partial charge on any atom is -0.508 e. The van der Waals surface area contributed by atoms with E-state index in [4.69, 9.17) is 21.1 Å². The highest BCUT2D eigenvalue weighted by atomic mass is 35.5. The fraction of sp³-hybridized carbons (Fsp3) is 0.410. The van der Waals surface area contributed by atoms with Crippen molar-refractivity contribution in [2.75, 3.05) is 33.4 Å². The van der Waals surface area contributed by atoms with E-state index in [1.165, 1.54) is 11.6 Å². The predicted molar refractivity (Wildman–Crippen MR) is 185 cm³/mol. The van der Waals surface area contributed by atoms with Gasteiger partial charge in [-0.2, -0.15) is 0 Å². The number of phenols is 1. The Morgan fingerprint density at radius 1 is 1.04 bits per heavy atom. The van der Waals surface area contributed by atoms with Gasteiger partial charge in [0.1, 0.15) is 5.75 Å². The maximum atomic E-state index is 14.2. The summed E-state index contributed by atoms with van der Waals surface area (Å²) in [4.78, 5) is 36.8.